The molecule has 0 saturated carbocycles. The Balaban J connectivity index is 2.86. The van der Waals surface area contributed by atoms with Gasteiger partial charge in [0.15, 0.2) is 5.15 Å². The predicted molar refractivity (Wildman–Crippen MR) is 48.6 cm³/mol. The molecule has 0 bridgehead atoms. The fourth-order valence-corrected chi connectivity index (χ4v) is 0.978. The first-order valence-corrected chi connectivity index (χ1v) is 4.09. The third kappa shape index (κ3) is 2.63. The topological polar surface area (TPSA) is 42.0 Å². The molecule has 1 rings (SSSR count). The number of pyridine rings is 1. The number of halogens is 3. The molecule has 6 heteroatoms. The van der Waals surface area contributed by atoms with Crippen LogP contribution < -0.4 is 5.32 Å². The van der Waals surface area contributed by atoms with E-state index in [2.05, 4.69) is 4.98 Å². The van der Waals surface area contributed by atoms with Gasteiger partial charge in [0.05, 0.1) is 5.69 Å². The van der Waals surface area contributed by atoms with Gasteiger partial charge in [-0.2, -0.15) is 8.78 Å². The average molecular weight is 221 g/mol. The molecular formula is C8H7ClF2N2O. The van der Waals surface area contributed by atoms with Crippen LogP contribution in [-0.4, -0.2) is 17.3 Å². The molecule has 1 aromatic heterocycles. The molecule has 0 aliphatic rings. The van der Waals surface area contributed by atoms with Crippen molar-refractivity contribution < 1.29 is 13.6 Å². The van der Waals surface area contributed by atoms with Gasteiger partial charge in [-0.25, -0.2) is 4.98 Å². The van der Waals surface area contributed by atoms with Gasteiger partial charge < -0.3 is 5.32 Å². The van der Waals surface area contributed by atoms with Crippen LogP contribution in [0.1, 0.15) is 5.56 Å². The van der Waals surface area contributed by atoms with Crippen molar-refractivity contribution in [1.29, 1.82) is 0 Å². The van der Waals surface area contributed by atoms with Crippen LogP contribution in [-0.2, 0) is 4.79 Å². The van der Waals surface area contributed by atoms with E-state index >= 15 is 0 Å². The highest BCUT2D eigenvalue weighted by Gasteiger charge is 2.16. The molecule has 0 aliphatic carbocycles. The first-order chi connectivity index (χ1) is 6.50. The number of anilines is 1. The Morgan fingerprint density at radius 2 is 2.29 bits per heavy atom. The van der Waals surface area contributed by atoms with Crippen molar-refractivity contribution >= 4 is 23.2 Å². The van der Waals surface area contributed by atoms with Gasteiger partial charge in [0.1, 0.15) is 0 Å². The van der Waals surface area contributed by atoms with Crippen molar-refractivity contribution in [3.63, 3.8) is 0 Å². The zero-order chi connectivity index (χ0) is 10.7. The van der Waals surface area contributed by atoms with Crippen molar-refractivity contribution in [2.75, 3.05) is 5.32 Å². The zero-order valence-corrected chi connectivity index (χ0v) is 7.98. The number of carbonyl (C=O) groups excluding carboxylic acids is 1. The largest absolute Gasteiger partial charge is 0.318 e. The summed E-state index contributed by atoms with van der Waals surface area (Å²) < 4.78 is 23.7. The summed E-state index contributed by atoms with van der Waals surface area (Å²) in [5, 5.41) is 1.96. The predicted octanol–water partition coefficient (Wildman–Crippen LogP) is 2.25. The van der Waals surface area contributed by atoms with E-state index in [-0.39, 0.29) is 10.8 Å². The van der Waals surface area contributed by atoms with Gasteiger partial charge in [-0.1, -0.05) is 11.6 Å². The van der Waals surface area contributed by atoms with E-state index in [1.165, 1.54) is 12.3 Å². The summed E-state index contributed by atoms with van der Waals surface area (Å²) in [7, 11) is 0. The number of amides is 1. The molecular weight excluding hydrogens is 214 g/mol. The van der Waals surface area contributed by atoms with Gasteiger partial charge >= 0.3 is 6.43 Å². The molecule has 1 aromatic rings. The van der Waals surface area contributed by atoms with Crippen LogP contribution in [0.5, 0.6) is 0 Å². The maximum Gasteiger partial charge on any atom is 0.315 e. The summed E-state index contributed by atoms with van der Waals surface area (Å²) in [5.41, 5.74) is 0.816. The van der Waals surface area contributed by atoms with E-state index in [0.29, 0.717) is 0 Å². The number of rotatable bonds is 2. The van der Waals surface area contributed by atoms with E-state index < -0.39 is 12.3 Å². The highest BCUT2D eigenvalue weighted by molar-refractivity contribution is 6.32. The molecule has 14 heavy (non-hydrogen) atoms. The number of nitrogens with one attached hydrogen (secondary N) is 1. The molecule has 0 unspecified atom stereocenters. The molecule has 0 radical (unpaired) electrons. The Morgan fingerprint density at radius 1 is 1.64 bits per heavy atom. The SMILES string of the molecule is Cc1cnc(Cl)c(NC(=O)C(F)F)c1. The van der Waals surface area contributed by atoms with Crippen LogP contribution >= 0.6 is 11.6 Å². The molecule has 1 heterocycles. The smallest absolute Gasteiger partial charge is 0.315 e. The van der Waals surface area contributed by atoms with Crippen LogP contribution in [0.25, 0.3) is 0 Å². The number of carbonyl (C=O) groups is 1. The van der Waals surface area contributed by atoms with Crippen molar-refractivity contribution in [1.82, 2.24) is 4.98 Å². The van der Waals surface area contributed by atoms with Crippen LogP contribution in [0.4, 0.5) is 14.5 Å². The van der Waals surface area contributed by atoms with E-state index in [0.717, 1.165) is 5.56 Å². The van der Waals surface area contributed by atoms with Gasteiger partial charge in [-0.05, 0) is 18.6 Å². The van der Waals surface area contributed by atoms with Crippen LogP contribution in [0, 0.1) is 6.92 Å². The van der Waals surface area contributed by atoms with Crippen LogP contribution in [0.3, 0.4) is 0 Å². The fraction of sp³-hybridized carbons (Fsp3) is 0.250. The monoisotopic (exact) mass is 220 g/mol. The standard InChI is InChI=1S/C8H7ClF2N2O/c1-4-2-5(6(9)12-3-4)13-8(14)7(10)11/h2-3,7H,1H3,(H,13,14). The van der Waals surface area contributed by atoms with E-state index in [4.69, 9.17) is 11.6 Å². The quantitative estimate of drug-likeness (QED) is 0.777. The first-order valence-electron chi connectivity index (χ1n) is 3.72. The number of aryl methyl sites for hydroxylation is 1. The molecule has 0 saturated heterocycles. The highest BCUT2D eigenvalue weighted by Crippen LogP contribution is 2.20. The Bertz CT molecular complexity index is 357. The first kappa shape index (κ1) is 10.8. The maximum absolute atomic E-state index is 11.9. The Kier molecular flexibility index (Phi) is 3.35. The van der Waals surface area contributed by atoms with Crippen LogP contribution in [0.2, 0.25) is 5.15 Å². The summed E-state index contributed by atoms with van der Waals surface area (Å²) in [6, 6.07) is 1.47. The lowest BCUT2D eigenvalue weighted by molar-refractivity contribution is -0.126. The van der Waals surface area contributed by atoms with E-state index in [1.54, 1.807) is 6.92 Å². The highest BCUT2D eigenvalue weighted by atomic mass is 35.5. The molecule has 76 valence electrons. The minimum absolute atomic E-state index is 0.00963. The Labute approximate surface area is 84.1 Å². The molecule has 1 N–H and O–H groups in total. The number of nitrogens with zero attached hydrogens (tertiary/aromatic N) is 1. The number of alkyl halides is 2. The number of hydrogen-bond donors (Lipinski definition) is 1. The summed E-state index contributed by atoms with van der Waals surface area (Å²) >= 11 is 5.57. The normalized spacial score (nSPS) is 10.4. The molecule has 1 amide bonds. The average Bonchev–Trinajstić information content (AvgIpc) is 2.11. The third-order valence-electron chi connectivity index (χ3n) is 1.43. The fourth-order valence-electron chi connectivity index (χ4n) is 0.827. The van der Waals surface area contributed by atoms with Gasteiger partial charge in [0, 0.05) is 6.20 Å². The molecule has 0 aromatic carbocycles. The minimum Gasteiger partial charge on any atom is -0.318 e. The Hall–Kier alpha value is -1.23. The lowest BCUT2D eigenvalue weighted by Crippen LogP contribution is -2.20. The van der Waals surface area contributed by atoms with Crippen molar-refractivity contribution in [2.24, 2.45) is 0 Å². The summed E-state index contributed by atoms with van der Waals surface area (Å²) in [6.07, 6.45) is -1.59. The molecule has 3 nitrogen and oxygen atoms in total. The van der Waals surface area contributed by atoms with Crippen molar-refractivity contribution in [3.05, 3.63) is 23.0 Å². The van der Waals surface area contributed by atoms with Crippen molar-refractivity contribution in [3.8, 4) is 0 Å². The Morgan fingerprint density at radius 3 is 2.86 bits per heavy atom. The second-order valence-corrected chi connectivity index (χ2v) is 3.00. The third-order valence-corrected chi connectivity index (χ3v) is 1.73. The lowest BCUT2D eigenvalue weighted by atomic mass is 10.3. The number of hydrogen-bond acceptors (Lipinski definition) is 2. The minimum atomic E-state index is -3.06. The second kappa shape index (κ2) is 4.32. The maximum atomic E-state index is 11.9. The molecule has 0 aliphatic heterocycles. The number of aromatic nitrogens is 1. The van der Waals surface area contributed by atoms with Crippen molar-refractivity contribution in [2.45, 2.75) is 13.3 Å². The molecule has 0 fully saturated rings. The van der Waals surface area contributed by atoms with Gasteiger partial charge in [0.25, 0.3) is 5.91 Å². The van der Waals surface area contributed by atoms with Gasteiger partial charge in [0.2, 0.25) is 0 Å². The van der Waals surface area contributed by atoms with Gasteiger partial charge in [-0.3, -0.25) is 4.79 Å². The zero-order valence-electron chi connectivity index (χ0n) is 7.22. The van der Waals surface area contributed by atoms with Crippen LogP contribution in [0.15, 0.2) is 12.3 Å². The summed E-state index contributed by atoms with van der Waals surface area (Å²) in [6.45, 7) is 1.71. The lowest BCUT2D eigenvalue weighted by Gasteiger charge is -2.06. The van der Waals surface area contributed by atoms with E-state index in [1.807, 2.05) is 5.32 Å². The second-order valence-electron chi connectivity index (χ2n) is 2.64. The molecule has 0 spiro atoms. The summed E-state index contributed by atoms with van der Waals surface area (Å²) in [5.74, 6) is -1.39. The molecule has 0 atom stereocenters. The van der Waals surface area contributed by atoms with Gasteiger partial charge in [-0.15, -0.1) is 0 Å². The summed E-state index contributed by atoms with van der Waals surface area (Å²) in [4.78, 5) is 14.3. The van der Waals surface area contributed by atoms with E-state index in [9.17, 15) is 13.6 Å².